The number of benzene rings is 2. The smallest absolute Gasteiger partial charge is 0.243 e. The number of amides is 1. The third-order valence-electron chi connectivity index (χ3n) is 5.23. The molecule has 3 rings (SSSR count). The van der Waals surface area contributed by atoms with Gasteiger partial charge in [-0.05, 0) is 49.1 Å². The van der Waals surface area contributed by atoms with Gasteiger partial charge in [-0.2, -0.15) is 4.31 Å². The molecule has 162 valence electrons. The van der Waals surface area contributed by atoms with Crippen LogP contribution >= 0.6 is 11.6 Å². The Balaban J connectivity index is 1.75. The van der Waals surface area contributed by atoms with Gasteiger partial charge in [0.05, 0.1) is 17.7 Å². The molecule has 2 aromatic carbocycles. The monoisotopic (exact) mass is 450 g/mol. The van der Waals surface area contributed by atoms with Crippen molar-refractivity contribution in [1.29, 1.82) is 0 Å². The summed E-state index contributed by atoms with van der Waals surface area (Å²) in [7, 11) is -2.14. The molecule has 0 aromatic heterocycles. The van der Waals surface area contributed by atoms with Crippen LogP contribution < -0.4 is 10.1 Å². The molecule has 1 N–H and O–H groups in total. The summed E-state index contributed by atoms with van der Waals surface area (Å²) in [6, 6.07) is 12.0. The van der Waals surface area contributed by atoms with Crippen molar-refractivity contribution < 1.29 is 17.9 Å². The number of nitrogens with zero attached hydrogens (tertiary/aromatic N) is 1. The first-order chi connectivity index (χ1) is 14.4. The minimum absolute atomic E-state index is 0.159. The number of hydrogen-bond donors (Lipinski definition) is 1. The molecule has 0 bridgehead atoms. The van der Waals surface area contributed by atoms with Crippen LogP contribution in [0.15, 0.2) is 47.4 Å². The molecular weight excluding hydrogens is 424 g/mol. The van der Waals surface area contributed by atoms with Crippen LogP contribution in [0.1, 0.15) is 37.7 Å². The van der Waals surface area contributed by atoms with Crippen LogP contribution in [-0.2, 0) is 21.2 Å². The maximum Gasteiger partial charge on any atom is 0.243 e. The molecule has 0 atom stereocenters. The molecular formula is C22H27ClN2O4S. The van der Waals surface area contributed by atoms with E-state index < -0.39 is 10.0 Å². The Morgan fingerprint density at radius 1 is 1.10 bits per heavy atom. The average Bonchev–Trinajstić information content (AvgIpc) is 3.03. The molecule has 1 saturated heterocycles. The molecule has 0 spiro atoms. The Hall–Kier alpha value is -2.09. The van der Waals surface area contributed by atoms with Crippen LogP contribution in [0.3, 0.4) is 0 Å². The zero-order valence-electron chi connectivity index (χ0n) is 17.1. The van der Waals surface area contributed by atoms with Gasteiger partial charge < -0.3 is 10.1 Å². The molecule has 2 aromatic rings. The number of hydrogen-bond acceptors (Lipinski definition) is 4. The average molecular weight is 451 g/mol. The van der Waals surface area contributed by atoms with Crippen LogP contribution in [-0.4, -0.2) is 38.8 Å². The molecule has 0 saturated carbocycles. The molecule has 1 fully saturated rings. The van der Waals surface area contributed by atoms with Crippen molar-refractivity contribution in [3.63, 3.8) is 0 Å². The molecule has 1 aliphatic rings. The number of sulfonamides is 1. The summed E-state index contributed by atoms with van der Waals surface area (Å²) >= 11 is 6.15. The minimum Gasteiger partial charge on any atom is -0.495 e. The highest BCUT2D eigenvalue weighted by Crippen LogP contribution is 2.30. The zero-order chi connectivity index (χ0) is 21.6. The van der Waals surface area contributed by atoms with Gasteiger partial charge in [0, 0.05) is 24.5 Å². The molecule has 8 heteroatoms. The van der Waals surface area contributed by atoms with E-state index in [0.717, 1.165) is 31.2 Å². The number of carbonyl (C=O) groups excluding carboxylic acids is 1. The van der Waals surface area contributed by atoms with E-state index in [4.69, 9.17) is 16.3 Å². The van der Waals surface area contributed by atoms with Crippen molar-refractivity contribution in [1.82, 2.24) is 4.31 Å². The largest absolute Gasteiger partial charge is 0.495 e. The van der Waals surface area contributed by atoms with E-state index in [9.17, 15) is 13.2 Å². The van der Waals surface area contributed by atoms with Crippen molar-refractivity contribution in [3.8, 4) is 5.75 Å². The maximum absolute atomic E-state index is 13.1. The van der Waals surface area contributed by atoms with Gasteiger partial charge in [-0.15, -0.1) is 0 Å². The predicted molar refractivity (Wildman–Crippen MR) is 119 cm³/mol. The highest BCUT2D eigenvalue weighted by molar-refractivity contribution is 7.89. The van der Waals surface area contributed by atoms with Crippen LogP contribution in [0.4, 0.5) is 5.69 Å². The first-order valence-corrected chi connectivity index (χ1v) is 11.9. The van der Waals surface area contributed by atoms with Crippen LogP contribution in [0.2, 0.25) is 5.02 Å². The van der Waals surface area contributed by atoms with Gasteiger partial charge in [0.1, 0.15) is 5.75 Å². The Kier molecular flexibility index (Phi) is 7.75. The van der Waals surface area contributed by atoms with E-state index in [2.05, 4.69) is 5.32 Å². The van der Waals surface area contributed by atoms with Crippen molar-refractivity contribution in [3.05, 3.63) is 53.1 Å². The summed E-state index contributed by atoms with van der Waals surface area (Å²) in [6.07, 6.45) is 4.51. The van der Waals surface area contributed by atoms with Gasteiger partial charge >= 0.3 is 0 Å². The van der Waals surface area contributed by atoms with Gasteiger partial charge in [0.25, 0.3) is 0 Å². The lowest BCUT2D eigenvalue weighted by atomic mass is 10.1. The van der Waals surface area contributed by atoms with Gasteiger partial charge in [-0.1, -0.05) is 42.6 Å². The van der Waals surface area contributed by atoms with Crippen molar-refractivity contribution >= 4 is 33.2 Å². The number of halogens is 1. The maximum atomic E-state index is 13.1. The number of rotatable bonds is 7. The quantitative estimate of drug-likeness (QED) is 0.674. The minimum atomic E-state index is -3.62. The number of aryl methyl sites for hydroxylation is 1. The fraction of sp³-hybridized carbons (Fsp3) is 0.409. The third-order valence-corrected chi connectivity index (χ3v) is 7.49. The van der Waals surface area contributed by atoms with Gasteiger partial charge in [0.2, 0.25) is 15.9 Å². The van der Waals surface area contributed by atoms with Crippen LogP contribution in [0.5, 0.6) is 5.75 Å². The lowest BCUT2D eigenvalue weighted by molar-refractivity contribution is -0.116. The van der Waals surface area contributed by atoms with E-state index in [0.29, 0.717) is 36.0 Å². The molecule has 6 nitrogen and oxygen atoms in total. The number of carbonyl (C=O) groups is 1. The van der Waals surface area contributed by atoms with Crippen molar-refractivity contribution in [2.45, 2.75) is 43.4 Å². The fourth-order valence-electron chi connectivity index (χ4n) is 3.54. The highest BCUT2D eigenvalue weighted by Gasteiger charge is 2.26. The second-order valence-electron chi connectivity index (χ2n) is 7.32. The van der Waals surface area contributed by atoms with Gasteiger partial charge in [-0.3, -0.25) is 4.79 Å². The summed E-state index contributed by atoms with van der Waals surface area (Å²) in [6.45, 7) is 1.04. The Morgan fingerprint density at radius 3 is 2.47 bits per heavy atom. The number of methoxy groups -OCH3 is 1. The third kappa shape index (κ3) is 5.53. The van der Waals surface area contributed by atoms with Gasteiger partial charge in [0.15, 0.2) is 0 Å². The fourth-order valence-corrected chi connectivity index (χ4v) is 5.31. The molecule has 0 aliphatic carbocycles. The van der Waals surface area contributed by atoms with E-state index in [1.807, 2.05) is 18.2 Å². The lowest BCUT2D eigenvalue weighted by Gasteiger charge is -2.21. The molecule has 1 amide bonds. The summed E-state index contributed by atoms with van der Waals surface area (Å²) in [5, 5.41) is 3.41. The molecule has 0 radical (unpaired) electrons. The first kappa shape index (κ1) is 22.6. The summed E-state index contributed by atoms with van der Waals surface area (Å²) in [5.41, 5.74) is 1.23. The number of ether oxygens (including phenoxy) is 1. The molecule has 1 heterocycles. The summed E-state index contributed by atoms with van der Waals surface area (Å²) in [5.74, 6) is 0.174. The normalized spacial score (nSPS) is 15.4. The summed E-state index contributed by atoms with van der Waals surface area (Å²) < 4.78 is 33.0. The topological polar surface area (TPSA) is 75.7 Å². The first-order valence-electron chi connectivity index (χ1n) is 10.1. The van der Waals surface area contributed by atoms with E-state index >= 15 is 0 Å². The number of nitrogens with one attached hydrogen (secondary N) is 1. The second-order valence-corrected chi connectivity index (χ2v) is 9.67. The van der Waals surface area contributed by atoms with Crippen molar-refractivity contribution in [2.75, 3.05) is 25.5 Å². The van der Waals surface area contributed by atoms with E-state index in [1.54, 1.807) is 12.1 Å². The predicted octanol–water partition coefficient (Wildman–Crippen LogP) is 4.48. The number of anilines is 1. The Labute approximate surface area is 183 Å². The SMILES string of the molecule is COc1ccc(S(=O)(=O)N2CCCCCC2)cc1NC(=O)CCc1ccccc1Cl. The van der Waals surface area contributed by atoms with Crippen LogP contribution in [0.25, 0.3) is 0 Å². The zero-order valence-corrected chi connectivity index (χ0v) is 18.6. The van der Waals surface area contributed by atoms with E-state index in [1.165, 1.54) is 23.5 Å². The van der Waals surface area contributed by atoms with Gasteiger partial charge in [-0.25, -0.2) is 8.42 Å². The highest BCUT2D eigenvalue weighted by atomic mass is 35.5. The Bertz CT molecular complexity index is 986. The van der Waals surface area contributed by atoms with E-state index in [-0.39, 0.29) is 17.2 Å². The molecule has 30 heavy (non-hydrogen) atoms. The molecule has 1 aliphatic heterocycles. The molecule has 0 unspecified atom stereocenters. The second kappa shape index (κ2) is 10.3. The Morgan fingerprint density at radius 2 is 1.80 bits per heavy atom. The van der Waals surface area contributed by atoms with Crippen molar-refractivity contribution in [2.24, 2.45) is 0 Å². The standard InChI is InChI=1S/C22H27ClN2O4S/c1-29-21-12-11-18(30(27,28)25-14-6-2-3-7-15-25)16-20(21)24-22(26)13-10-17-8-4-5-9-19(17)23/h4-5,8-9,11-12,16H,2-3,6-7,10,13-15H2,1H3,(H,24,26). The summed E-state index contributed by atoms with van der Waals surface area (Å²) in [4.78, 5) is 12.7. The lowest BCUT2D eigenvalue weighted by Crippen LogP contribution is -2.32. The van der Waals surface area contributed by atoms with Crippen LogP contribution in [0, 0.1) is 0 Å².